The van der Waals surface area contributed by atoms with Crippen LogP contribution in [0.4, 0.5) is 34.1 Å². The molecule has 0 spiro atoms. The van der Waals surface area contributed by atoms with Crippen LogP contribution in [0, 0.1) is 0 Å². The van der Waals surface area contributed by atoms with E-state index in [4.69, 9.17) is 0 Å². The van der Waals surface area contributed by atoms with Gasteiger partial charge in [0.2, 0.25) is 0 Å². The highest BCUT2D eigenvalue weighted by Crippen LogP contribution is 2.55. The summed E-state index contributed by atoms with van der Waals surface area (Å²) in [6, 6.07) is 151. The molecule has 0 radical (unpaired) electrons. The maximum atomic E-state index is 2.45. The number of fused-ring (bicyclic) bond motifs is 15. The van der Waals surface area contributed by atoms with Crippen LogP contribution in [0.25, 0.3) is 143 Å². The summed E-state index contributed by atoms with van der Waals surface area (Å²) in [5.41, 5.74) is 34.5. The zero-order chi connectivity index (χ0) is 76.2. The number of aromatic nitrogens is 2. The number of para-hydroxylation sites is 4. The van der Waals surface area contributed by atoms with Gasteiger partial charge in [-0.15, -0.1) is 0 Å². The highest BCUT2D eigenvalue weighted by Gasteiger charge is 2.38. The zero-order valence-electron chi connectivity index (χ0n) is 64.0. The third-order valence-corrected chi connectivity index (χ3v) is 24.4. The molecule has 4 heteroatoms. The summed E-state index contributed by atoms with van der Waals surface area (Å²) in [5, 5.41) is 10.2. The van der Waals surface area contributed by atoms with Gasteiger partial charge in [0.05, 0.1) is 22.1 Å². The van der Waals surface area contributed by atoms with E-state index in [1.807, 2.05) is 0 Å². The minimum absolute atomic E-state index is 0.0400. The quantitative estimate of drug-likeness (QED) is 0.121. The van der Waals surface area contributed by atoms with E-state index in [0.717, 1.165) is 45.5 Å². The SMILES string of the molecule is CC1(C)c2ccccc2-c2c1ccc1c2c2ccccc2n1-c1ccc(-c2ccc(N(c3ccccc3)c3ccc(-c4ccc5ccccc5c4)cc3)cc2)cc1.CC1(C)c2ccccc2-c2cc3c4ccccc4n(-c4ccc(-c5ccc(N(c6ccccc6)c6ccc(-c7ccc8ccccc8c7)cc6)cc5)cc4)c3cc21. The highest BCUT2D eigenvalue weighted by molar-refractivity contribution is 6.18. The van der Waals surface area contributed by atoms with Crippen molar-refractivity contribution in [2.45, 2.75) is 38.5 Å². The molecular weight excluding hydrogens is 1380 g/mol. The molecule has 0 unspecified atom stereocenters. The van der Waals surface area contributed by atoms with Crippen molar-refractivity contribution in [2.24, 2.45) is 0 Å². The first-order valence-electron chi connectivity index (χ1n) is 39.7. The molecule has 0 saturated carbocycles. The van der Waals surface area contributed by atoms with Gasteiger partial charge in [-0.3, -0.25) is 0 Å². The molecule has 0 saturated heterocycles. The maximum Gasteiger partial charge on any atom is 0.0547 e. The van der Waals surface area contributed by atoms with E-state index in [-0.39, 0.29) is 10.8 Å². The smallest absolute Gasteiger partial charge is 0.0547 e. The van der Waals surface area contributed by atoms with E-state index in [2.05, 4.69) is 459 Å². The summed E-state index contributed by atoms with van der Waals surface area (Å²) >= 11 is 0. The van der Waals surface area contributed by atoms with Gasteiger partial charge in [0.25, 0.3) is 0 Å². The molecule has 2 heterocycles. The lowest BCUT2D eigenvalue weighted by Crippen LogP contribution is -2.14. The van der Waals surface area contributed by atoms with Gasteiger partial charge in [0, 0.05) is 77.9 Å². The average molecular weight is 1460 g/mol. The molecule has 0 aliphatic heterocycles. The number of hydrogen-bond acceptors (Lipinski definition) is 2. The largest absolute Gasteiger partial charge is 0.311 e. The monoisotopic (exact) mass is 1460 g/mol. The van der Waals surface area contributed by atoms with Crippen molar-refractivity contribution in [1.29, 1.82) is 0 Å². The molecule has 0 bridgehead atoms. The third kappa shape index (κ3) is 11.4. The van der Waals surface area contributed by atoms with Crippen molar-refractivity contribution >= 4 is 99.3 Å². The predicted molar refractivity (Wildman–Crippen MR) is 483 cm³/mol. The summed E-state index contributed by atoms with van der Waals surface area (Å²) < 4.78 is 4.88. The number of rotatable bonds is 12. The minimum atomic E-state index is -0.0607. The van der Waals surface area contributed by atoms with E-state index < -0.39 is 0 Å². The topological polar surface area (TPSA) is 16.3 Å². The maximum absolute atomic E-state index is 2.45. The lowest BCUT2D eigenvalue weighted by Gasteiger charge is -2.26. The fourth-order valence-electron chi connectivity index (χ4n) is 18.6. The van der Waals surface area contributed by atoms with Crippen LogP contribution >= 0.6 is 0 Å². The van der Waals surface area contributed by atoms with Gasteiger partial charge in [-0.2, -0.15) is 0 Å². The van der Waals surface area contributed by atoms with Gasteiger partial charge in [0.1, 0.15) is 0 Å². The zero-order valence-corrected chi connectivity index (χ0v) is 64.0. The molecule has 4 nitrogen and oxygen atoms in total. The molecule has 20 aromatic rings. The van der Waals surface area contributed by atoms with Crippen molar-refractivity contribution in [3.63, 3.8) is 0 Å². The normalized spacial score (nSPS) is 12.9. The van der Waals surface area contributed by atoms with E-state index in [9.17, 15) is 0 Å². The second-order valence-electron chi connectivity index (χ2n) is 31.6. The molecule has 2 aromatic heterocycles. The summed E-state index contributed by atoms with van der Waals surface area (Å²) in [7, 11) is 0. The summed E-state index contributed by atoms with van der Waals surface area (Å²) in [4.78, 5) is 4.66. The molecule has 22 rings (SSSR count). The fourth-order valence-corrected chi connectivity index (χ4v) is 18.6. The summed E-state index contributed by atoms with van der Waals surface area (Å²) in [6.07, 6.45) is 0. The van der Waals surface area contributed by atoms with Crippen LogP contribution in [-0.2, 0) is 10.8 Å². The molecule has 18 aromatic carbocycles. The standard InChI is InChI=1S/2C55H40N2/c1-55(2)51-18-10-8-16-47(51)49-35-50-48-17-9-11-19-53(48)57(54(50)36-52(49)55)46-32-24-39(25-33-46)38-22-28-44(29-23-38)56(43-14-4-3-5-15-43)45-30-26-40(27-31-45)42-21-20-37-12-6-7-13-41(37)34-42;1-55(2)49-18-10-8-16-47(49)53-50(55)34-35-52-54(53)48-17-9-11-19-51(48)57(52)46-32-24-39(25-33-46)38-22-28-44(29-23-38)56(43-14-4-3-5-15-43)45-30-26-40(27-31-45)42-21-20-37-12-6-7-13-41(37)36-42/h2*3-36H,1-2H3. The van der Waals surface area contributed by atoms with Crippen LogP contribution in [0.15, 0.2) is 413 Å². The van der Waals surface area contributed by atoms with Crippen LogP contribution in [0.5, 0.6) is 0 Å². The Morgan fingerprint density at radius 2 is 0.553 bits per heavy atom. The molecule has 2 aliphatic carbocycles. The molecule has 0 N–H and O–H groups in total. The summed E-state index contributed by atoms with van der Waals surface area (Å²) in [6.45, 7) is 9.44. The number of benzene rings is 18. The number of anilines is 6. The lowest BCUT2D eigenvalue weighted by atomic mass is 9.82. The Kier molecular flexibility index (Phi) is 16.2. The van der Waals surface area contributed by atoms with Crippen LogP contribution in [-0.4, -0.2) is 9.13 Å². The minimum Gasteiger partial charge on any atom is -0.311 e. The number of nitrogens with zero attached hydrogens (tertiary/aromatic N) is 4. The van der Waals surface area contributed by atoms with Crippen LogP contribution in [0.1, 0.15) is 49.9 Å². The van der Waals surface area contributed by atoms with Gasteiger partial charge in [0.15, 0.2) is 0 Å². The van der Waals surface area contributed by atoms with Gasteiger partial charge < -0.3 is 18.9 Å². The Balaban J connectivity index is 0.000000143. The van der Waals surface area contributed by atoms with Crippen molar-refractivity contribution < 1.29 is 0 Å². The van der Waals surface area contributed by atoms with E-state index in [1.165, 1.54) is 154 Å². The average Bonchev–Trinajstić information content (AvgIpc) is 1.55. The second-order valence-corrected chi connectivity index (χ2v) is 31.6. The first-order valence-corrected chi connectivity index (χ1v) is 39.7. The van der Waals surface area contributed by atoms with E-state index >= 15 is 0 Å². The van der Waals surface area contributed by atoms with Crippen LogP contribution in [0.3, 0.4) is 0 Å². The van der Waals surface area contributed by atoms with Crippen LogP contribution in [0.2, 0.25) is 0 Å². The molecule has 0 atom stereocenters. The van der Waals surface area contributed by atoms with Crippen molar-refractivity contribution in [1.82, 2.24) is 9.13 Å². The lowest BCUT2D eigenvalue weighted by molar-refractivity contribution is 0.660. The Labute approximate surface area is 665 Å². The van der Waals surface area contributed by atoms with Gasteiger partial charge in [-0.25, -0.2) is 0 Å². The van der Waals surface area contributed by atoms with Crippen molar-refractivity contribution in [3.05, 3.63) is 435 Å². The Morgan fingerprint density at radius 3 is 1.04 bits per heavy atom. The summed E-state index contributed by atoms with van der Waals surface area (Å²) in [5.74, 6) is 0. The molecular formula is C110H80N4. The first kappa shape index (κ1) is 67.8. The van der Waals surface area contributed by atoms with Crippen LogP contribution < -0.4 is 9.80 Å². The molecule has 0 fully saturated rings. The fraction of sp³-hybridized carbons (Fsp3) is 0.0545. The predicted octanol–water partition coefficient (Wildman–Crippen LogP) is 30.1. The van der Waals surface area contributed by atoms with Gasteiger partial charge in [-0.05, 0) is 250 Å². The van der Waals surface area contributed by atoms with E-state index in [0.29, 0.717) is 0 Å². The van der Waals surface area contributed by atoms with Crippen molar-refractivity contribution in [3.8, 4) is 78.1 Å². The van der Waals surface area contributed by atoms with E-state index in [1.54, 1.807) is 0 Å². The Bertz CT molecular complexity index is 7090. The molecule has 0 amide bonds. The Hall–Kier alpha value is -14.3. The third-order valence-electron chi connectivity index (χ3n) is 24.4. The highest BCUT2D eigenvalue weighted by atomic mass is 15.1. The van der Waals surface area contributed by atoms with Gasteiger partial charge >= 0.3 is 0 Å². The Morgan fingerprint density at radius 1 is 0.202 bits per heavy atom. The molecule has 114 heavy (non-hydrogen) atoms. The molecule has 540 valence electrons. The molecule has 2 aliphatic rings. The van der Waals surface area contributed by atoms with Crippen molar-refractivity contribution in [2.75, 3.05) is 9.80 Å². The van der Waals surface area contributed by atoms with Gasteiger partial charge in [-0.1, -0.05) is 301 Å². The first-order chi connectivity index (χ1) is 56.0. The second kappa shape index (κ2) is 27.3. The number of hydrogen-bond donors (Lipinski definition) is 0.